The van der Waals surface area contributed by atoms with Crippen LogP contribution in [0.15, 0.2) is 18.5 Å². The van der Waals surface area contributed by atoms with Gasteiger partial charge in [-0.05, 0) is 24.6 Å². The molecule has 2 heterocycles. The molecule has 2 N–H and O–H groups in total. The molecule has 21 heavy (non-hydrogen) atoms. The zero-order valence-electron chi connectivity index (χ0n) is 11.5. The maximum Gasteiger partial charge on any atom is 0.328 e. The number of hydrogen-bond donors (Lipinski definition) is 2. The topological polar surface area (TPSA) is 97.1 Å². The molecule has 0 atom stereocenters. The van der Waals surface area contributed by atoms with Crippen molar-refractivity contribution in [2.45, 2.75) is 13.5 Å². The maximum absolute atomic E-state index is 12.0. The summed E-state index contributed by atoms with van der Waals surface area (Å²) < 4.78 is 1.56. The number of aryl methyl sites for hydroxylation is 2. The van der Waals surface area contributed by atoms with Gasteiger partial charge in [0.1, 0.15) is 6.33 Å². The number of carboxylic acid groups (broad SMARTS) is 1. The average Bonchev–Trinajstić information content (AvgIpc) is 3.00. The molecule has 0 radical (unpaired) electrons. The number of amides is 1. The van der Waals surface area contributed by atoms with Crippen molar-refractivity contribution in [1.82, 2.24) is 20.1 Å². The Balaban J connectivity index is 2.02. The Morgan fingerprint density at radius 3 is 2.90 bits per heavy atom. The third kappa shape index (κ3) is 3.99. The molecule has 1 amide bonds. The van der Waals surface area contributed by atoms with Gasteiger partial charge in [-0.25, -0.2) is 9.78 Å². The van der Waals surface area contributed by atoms with Gasteiger partial charge in [-0.1, -0.05) is 0 Å². The molecule has 0 aliphatic carbocycles. The van der Waals surface area contributed by atoms with Crippen molar-refractivity contribution >= 4 is 29.3 Å². The normalized spacial score (nSPS) is 11.0. The molecule has 0 aliphatic heterocycles. The predicted molar refractivity (Wildman–Crippen MR) is 77.9 cm³/mol. The molecular formula is C13H14N4O3S. The lowest BCUT2D eigenvalue weighted by molar-refractivity contribution is -0.131. The second-order valence-corrected chi connectivity index (χ2v) is 5.43. The number of aromatic nitrogens is 3. The van der Waals surface area contributed by atoms with Crippen molar-refractivity contribution in [3.8, 4) is 0 Å². The fraction of sp³-hybridized carbons (Fsp3) is 0.231. The minimum absolute atomic E-state index is 0.231. The molecular weight excluding hydrogens is 292 g/mol. The van der Waals surface area contributed by atoms with Crippen molar-refractivity contribution in [1.29, 1.82) is 0 Å². The Labute approximate surface area is 124 Å². The summed E-state index contributed by atoms with van der Waals surface area (Å²) in [5.74, 6) is -0.717. The number of aliphatic carboxylic acids is 1. The van der Waals surface area contributed by atoms with Crippen molar-refractivity contribution in [2.75, 3.05) is 0 Å². The van der Waals surface area contributed by atoms with Crippen LogP contribution in [0, 0.1) is 6.92 Å². The van der Waals surface area contributed by atoms with E-state index in [4.69, 9.17) is 5.11 Å². The van der Waals surface area contributed by atoms with Crippen LogP contribution in [0.2, 0.25) is 0 Å². The Morgan fingerprint density at radius 2 is 2.29 bits per heavy atom. The molecule has 0 saturated carbocycles. The van der Waals surface area contributed by atoms with Crippen molar-refractivity contribution < 1.29 is 14.7 Å². The Hall–Kier alpha value is -2.48. The Morgan fingerprint density at radius 1 is 1.52 bits per heavy atom. The third-order valence-corrected chi connectivity index (χ3v) is 3.81. The fourth-order valence-electron chi connectivity index (χ4n) is 1.63. The smallest absolute Gasteiger partial charge is 0.328 e. The van der Waals surface area contributed by atoms with Crippen molar-refractivity contribution in [3.05, 3.63) is 39.6 Å². The van der Waals surface area contributed by atoms with Crippen LogP contribution in [0.5, 0.6) is 0 Å². The van der Waals surface area contributed by atoms with Gasteiger partial charge in [0, 0.05) is 18.0 Å². The summed E-state index contributed by atoms with van der Waals surface area (Å²) in [7, 11) is 1.75. The van der Waals surface area contributed by atoms with Crippen LogP contribution in [-0.2, 0) is 18.4 Å². The van der Waals surface area contributed by atoms with Crippen LogP contribution < -0.4 is 5.32 Å². The standard InChI is InChI=1S/C13H14N4O3S/c1-8-5-10(21-9(8)3-4-12(18)19)13(20)14-6-11-15-7-17(2)16-11/h3-5,7H,6H2,1-2H3,(H,14,20)(H,18,19)/b4-3+. The van der Waals surface area contributed by atoms with Gasteiger partial charge >= 0.3 is 5.97 Å². The zero-order chi connectivity index (χ0) is 15.4. The first kappa shape index (κ1) is 14.9. The Kier molecular flexibility index (Phi) is 4.49. The number of nitrogens with one attached hydrogen (secondary N) is 1. The van der Waals surface area contributed by atoms with Crippen LogP contribution in [0.1, 0.15) is 25.9 Å². The van der Waals surface area contributed by atoms with Crippen LogP contribution in [0.3, 0.4) is 0 Å². The van der Waals surface area contributed by atoms with Gasteiger partial charge in [-0.3, -0.25) is 9.48 Å². The molecule has 0 aliphatic rings. The highest BCUT2D eigenvalue weighted by molar-refractivity contribution is 7.15. The van der Waals surface area contributed by atoms with Gasteiger partial charge in [0.2, 0.25) is 0 Å². The maximum atomic E-state index is 12.0. The van der Waals surface area contributed by atoms with Crippen LogP contribution in [-0.4, -0.2) is 31.7 Å². The van der Waals surface area contributed by atoms with E-state index in [9.17, 15) is 9.59 Å². The lowest BCUT2D eigenvalue weighted by Crippen LogP contribution is -2.22. The highest BCUT2D eigenvalue weighted by Crippen LogP contribution is 2.23. The Bertz CT molecular complexity index is 702. The summed E-state index contributed by atoms with van der Waals surface area (Å²) in [6.45, 7) is 2.08. The molecule has 0 spiro atoms. The summed E-state index contributed by atoms with van der Waals surface area (Å²) in [5, 5.41) is 15.4. The molecule has 2 aromatic heterocycles. The fourth-order valence-corrected chi connectivity index (χ4v) is 2.63. The van der Waals surface area contributed by atoms with Gasteiger partial charge < -0.3 is 10.4 Å². The second kappa shape index (κ2) is 6.31. The van der Waals surface area contributed by atoms with E-state index in [-0.39, 0.29) is 12.5 Å². The largest absolute Gasteiger partial charge is 0.478 e. The molecule has 8 heteroatoms. The SMILES string of the molecule is Cc1cc(C(=O)NCc2ncn(C)n2)sc1/C=C/C(=O)O. The number of rotatable bonds is 5. The highest BCUT2D eigenvalue weighted by atomic mass is 32.1. The zero-order valence-corrected chi connectivity index (χ0v) is 12.3. The number of carboxylic acids is 1. The first-order chi connectivity index (χ1) is 9.95. The van der Waals surface area contributed by atoms with E-state index >= 15 is 0 Å². The van der Waals surface area contributed by atoms with Gasteiger partial charge in [-0.15, -0.1) is 11.3 Å². The summed E-state index contributed by atoms with van der Waals surface area (Å²) >= 11 is 1.24. The average molecular weight is 306 g/mol. The molecule has 0 unspecified atom stereocenters. The van der Waals surface area contributed by atoms with Gasteiger partial charge in [-0.2, -0.15) is 5.10 Å². The van der Waals surface area contributed by atoms with Crippen LogP contribution in [0.25, 0.3) is 6.08 Å². The number of hydrogen-bond acceptors (Lipinski definition) is 5. The van der Waals surface area contributed by atoms with Crippen LogP contribution in [0.4, 0.5) is 0 Å². The summed E-state index contributed by atoms with van der Waals surface area (Å²) in [6.07, 6.45) is 4.10. The lowest BCUT2D eigenvalue weighted by atomic mass is 10.2. The summed E-state index contributed by atoms with van der Waals surface area (Å²) in [5.41, 5.74) is 0.860. The van der Waals surface area contributed by atoms with E-state index in [2.05, 4.69) is 15.4 Å². The number of nitrogens with zero attached hydrogens (tertiary/aromatic N) is 3. The highest BCUT2D eigenvalue weighted by Gasteiger charge is 2.12. The first-order valence-corrected chi connectivity index (χ1v) is 6.91. The van der Waals surface area contributed by atoms with Gasteiger partial charge in [0.15, 0.2) is 5.82 Å². The second-order valence-electron chi connectivity index (χ2n) is 4.35. The molecule has 0 aromatic carbocycles. The number of thiophene rings is 1. The molecule has 110 valence electrons. The number of carbonyl (C=O) groups is 2. The summed E-state index contributed by atoms with van der Waals surface area (Å²) in [6, 6.07) is 1.73. The lowest BCUT2D eigenvalue weighted by Gasteiger charge is -1.99. The molecule has 2 aromatic rings. The molecule has 0 fully saturated rings. The number of carbonyl (C=O) groups excluding carboxylic acids is 1. The minimum Gasteiger partial charge on any atom is -0.478 e. The monoisotopic (exact) mass is 306 g/mol. The van der Waals surface area contributed by atoms with E-state index in [1.54, 1.807) is 24.1 Å². The van der Waals surface area contributed by atoms with Gasteiger partial charge in [0.25, 0.3) is 5.91 Å². The van der Waals surface area contributed by atoms with E-state index in [0.717, 1.165) is 16.5 Å². The molecule has 0 bridgehead atoms. The first-order valence-electron chi connectivity index (χ1n) is 6.10. The minimum atomic E-state index is -1.02. The summed E-state index contributed by atoms with van der Waals surface area (Å²) in [4.78, 5) is 27.8. The predicted octanol–water partition coefficient (Wildman–Crippen LogP) is 1.21. The van der Waals surface area contributed by atoms with Crippen molar-refractivity contribution in [3.63, 3.8) is 0 Å². The molecule has 0 saturated heterocycles. The van der Waals surface area contributed by atoms with E-state index in [0.29, 0.717) is 10.7 Å². The van der Waals surface area contributed by atoms with E-state index in [1.165, 1.54) is 17.4 Å². The molecule has 2 rings (SSSR count). The van der Waals surface area contributed by atoms with Gasteiger partial charge in [0.05, 0.1) is 11.4 Å². The van der Waals surface area contributed by atoms with Crippen LogP contribution >= 0.6 is 11.3 Å². The van der Waals surface area contributed by atoms with E-state index < -0.39 is 5.97 Å². The quantitative estimate of drug-likeness (QED) is 0.809. The van der Waals surface area contributed by atoms with Crippen molar-refractivity contribution in [2.24, 2.45) is 7.05 Å². The van der Waals surface area contributed by atoms with E-state index in [1.807, 2.05) is 6.92 Å². The molecule has 7 nitrogen and oxygen atoms in total. The third-order valence-electron chi connectivity index (χ3n) is 2.61.